The molecule has 70 valence electrons. The number of carbonyl (C=O) groups is 1. The standard InChI is InChI=1S/C8H16N2OS/c1-7-4-3-5-10(7)8(11)6-9-12-2/h7,9H,3-6H2,1-2H3. The third-order valence-corrected chi connectivity index (χ3v) is 2.67. The highest BCUT2D eigenvalue weighted by Gasteiger charge is 2.24. The topological polar surface area (TPSA) is 32.3 Å². The highest BCUT2D eigenvalue weighted by atomic mass is 32.2. The molecule has 0 saturated carbocycles. The molecular formula is C8H16N2OS. The molecule has 1 fully saturated rings. The number of hydrogen-bond donors (Lipinski definition) is 1. The fourth-order valence-electron chi connectivity index (χ4n) is 1.54. The molecular weight excluding hydrogens is 172 g/mol. The lowest BCUT2D eigenvalue weighted by atomic mass is 10.2. The van der Waals surface area contributed by atoms with Gasteiger partial charge in [0.25, 0.3) is 0 Å². The Kier molecular flexibility index (Phi) is 3.88. The summed E-state index contributed by atoms with van der Waals surface area (Å²) in [5, 5.41) is 0. The molecule has 1 rings (SSSR count). The average Bonchev–Trinajstić information content (AvgIpc) is 2.47. The van der Waals surface area contributed by atoms with Gasteiger partial charge in [0.1, 0.15) is 0 Å². The van der Waals surface area contributed by atoms with E-state index in [9.17, 15) is 4.79 Å². The van der Waals surface area contributed by atoms with E-state index in [-0.39, 0.29) is 5.91 Å². The molecule has 1 aliphatic heterocycles. The van der Waals surface area contributed by atoms with Crippen molar-refractivity contribution in [1.29, 1.82) is 0 Å². The molecule has 0 aromatic heterocycles. The minimum atomic E-state index is 0.231. The van der Waals surface area contributed by atoms with E-state index in [1.54, 1.807) is 0 Å². The molecule has 0 radical (unpaired) electrons. The van der Waals surface area contributed by atoms with Crippen molar-refractivity contribution in [1.82, 2.24) is 9.62 Å². The summed E-state index contributed by atoms with van der Waals surface area (Å²) in [6.45, 7) is 3.52. The van der Waals surface area contributed by atoms with Gasteiger partial charge in [0.05, 0.1) is 6.54 Å². The Morgan fingerprint density at radius 1 is 1.75 bits per heavy atom. The maximum absolute atomic E-state index is 11.5. The fraction of sp³-hybridized carbons (Fsp3) is 0.875. The fourth-order valence-corrected chi connectivity index (χ4v) is 1.81. The van der Waals surface area contributed by atoms with Crippen molar-refractivity contribution in [3.8, 4) is 0 Å². The molecule has 12 heavy (non-hydrogen) atoms. The van der Waals surface area contributed by atoms with Crippen LogP contribution in [0.4, 0.5) is 0 Å². The van der Waals surface area contributed by atoms with Crippen molar-refractivity contribution < 1.29 is 4.79 Å². The number of nitrogens with one attached hydrogen (secondary N) is 1. The summed E-state index contributed by atoms with van der Waals surface area (Å²) in [5.74, 6) is 0.231. The largest absolute Gasteiger partial charge is 0.339 e. The molecule has 1 unspecified atom stereocenters. The summed E-state index contributed by atoms with van der Waals surface area (Å²) >= 11 is 1.49. The first-order valence-corrected chi connectivity index (χ1v) is 5.53. The van der Waals surface area contributed by atoms with E-state index < -0.39 is 0 Å². The Hall–Kier alpha value is -0.220. The van der Waals surface area contributed by atoms with Gasteiger partial charge >= 0.3 is 0 Å². The SMILES string of the molecule is CSNCC(=O)N1CCCC1C. The predicted octanol–water partition coefficient (Wildman–Crippen LogP) is 0.865. The van der Waals surface area contributed by atoms with Crippen LogP contribution in [-0.4, -0.2) is 36.2 Å². The van der Waals surface area contributed by atoms with E-state index in [2.05, 4.69) is 11.6 Å². The van der Waals surface area contributed by atoms with Gasteiger partial charge in [-0.15, -0.1) is 0 Å². The van der Waals surface area contributed by atoms with Gasteiger partial charge in [-0.1, -0.05) is 11.9 Å². The smallest absolute Gasteiger partial charge is 0.237 e. The highest BCUT2D eigenvalue weighted by Crippen LogP contribution is 2.15. The maximum atomic E-state index is 11.5. The molecule has 0 spiro atoms. The van der Waals surface area contributed by atoms with E-state index in [4.69, 9.17) is 0 Å². The van der Waals surface area contributed by atoms with Crippen LogP contribution in [0, 0.1) is 0 Å². The number of amides is 1. The van der Waals surface area contributed by atoms with Gasteiger partial charge in [0.2, 0.25) is 5.91 Å². The molecule has 4 heteroatoms. The van der Waals surface area contributed by atoms with Crippen LogP contribution in [0.2, 0.25) is 0 Å². The first-order chi connectivity index (χ1) is 5.75. The summed E-state index contributed by atoms with van der Waals surface area (Å²) in [7, 11) is 0. The number of likely N-dealkylation sites (tertiary alicyclic amines) is 1. The van der Waals surface area contributed by atoms with E-state index in [1.165, 1.54) is 11.9 Å². The van der Waals surface area contributed by atoms with Gasteiger partial charge < -0.3 is 4.90 Å². The van der Waals surface area contributed by atoms with Crippen molar-refractivity contribution in [3.63, 3.8) is 0 Å². The summed E-state index contributed by atoms with van der Waals surface area (Å²) in [6.07, 6.45) is 4.25. The summed E-state index contributed by atoms with van der Waals surface area (Å²) in [6, 6.07) is 0.446. The average molecular weight is 188 g/mol. The zero-order valence-electron chi connectivity index (χ0n) is 7.67. The Morgan fingerprint density at radius 3 is 3.00 bits per heavy atom. The van der Waals surface area contributed by atoms with E-state index in [0.717, 1.165) is 19.4 Å². The molecule has 3 nitrogen and oxygen atoms in total. The predicted molar refractivity (Wildman–Crippen MR) is 51.9 cm³/mol. The minimum Gasteiger partial charge on any atom is -0.339 e. The maximum Gasteiger partial charge on any atom is 0.237 e. The molecule has 1 heterocycles. The van der Waals surface area contributed by atoms with Crippen molar-refractivity contribution in [2.45, 2.75) is 25.8 Å². The van der Waals surface area contributed by atoms with Crippen LogP contribution in [0.1, 0.15) is 19.8 Å². The lowest BCUT2D eigenvalue weighted by Crippen LogP contribution is -2.38. The minimum absolute atomic E-state index is 0.231. The van der Waals surface area contributed by atoms with Gasteiger partial charge in [0, 0.05) is 12.6 Å². The van der Waals surface area contributed by atoms with E-state index in [1.807, 2.05) is 11.2 Å². The Balaban J connectivity index is 2.30. The molecule has 1 aliphatic rings. The number of nitrogens with zero attached hydrogens (tertiary/aromatic N) is 1. The van der Waals surface area contributed by atoms with Crippen LogP contribution in [-0.2, 0) is 4.79 Å². The Morgan fingerprint density at radius 2 is 2.50 bits per heavy atom. The molecule has 1 N–H and O–H groups in total. The van der Waals surface area contributed by atoms with Crippen LogP contribution in [0.25, 0.3) is 0 Å². The molecule has 0 aliphatic carbocycles. The molecule has 0 aromatic carbocycles. The summed E-state index contributed by atoms with van der Waals surface area (Å²) < 4.78 is 2.97. The lowest BCUT2D eigenvalue weighted by Gasteiger charge is -2.21. The van der Waals surface area contributed by atoms with Crippen LogP contribution >= 0.6 is 11.9 Å². The monoisotopic (exact) mass is 188 g/mol. The third-order valence-electron chi connectivity index (χ3n) is 2.24. The van der Waals surface area contributed by atoms with Crippen LogP contribution in [0.3, 0.4) is 0 Å². The molecule has 1 atom stereocenters. The first kappa shape index (κ1) is 9.86. The van der Waals surface area contributed by atoms with Crippen LogP contribution in [0.5, 0.6) is 0 Å². The molecule has 1 amide bonds. The Bertz CT molecular complexity index is 163. The van der Waals surface area contributed by atoms with Crippen LogP contribution < -0.4 is 4.72 Å². The van der Waals surface area contributed by atoms with E-state index >= 15 is 0 Å². The highest BCUT2D eigenvalue weighted by molar-refractivity contribution is 7.96. The second-order valence-corrected chi connectivity index (χ2v) is 3.80. The quantitative estimate of drug-likeness (QED) is 0.667. The number of carbonyl (C=O) groups excluding carboxylic acids is 1. The lowest BCUT2D eigenvalue weighted by molar-refractivity contribution is -0.130. The molecule has 0 bridgehead atoms. The van der Waals surface area contributed by atoms with Gasteiger partial charge in [-0.3, -0.25) is 9.52 Å². The van der Waals surface area contributed by atoms with Gasteiger partial charge in [-0.2, -0.15) is 0 Å². The first-order valence-electron chi connectivity index (χ1n) is 4.31. The van der Waals surface area contributed by atoms with Gasteiger partial charge in [-0.25, -0.2) is 0 Å². The van der Waals surface area contributed by atoms with Crippen molar-refractivity contribution in [3.05, 3.63) is 0 Å². The van der Waals surface area contributed by atoms with Crippen molar-refractivity contribution in [2.75, 3.05) is 19.3 Å². The Labute approximate surface area is 78.0 Å². The van der Waals surface area contributed by atoms with Gasteiger partial charge in [0.15, 0.2) is 0 Å². The summed E-state index contributed by atoms with van der Waals surface area (Å²) in [5.41, 5.74) is 0. The third kappa shape index (κ3) is 2.38. The second-order valence-electron chi connectivity index (χ2n) is 3.10. The second kappa shape index (κ2) is 4.72. The van der Waals surface area contributed by atoms with Crippen molar-refractivity contribution in [2.24, 2.45) is 0 Å². The molecule has 1 saturated heterocycles. The van der Waals surface area contributed by atoms with E-state index in [0.29, 0.717) is 12.6 Å². The van der Waals surface area contributed by atoms with Gasteiger partial charge in [-0.05, 0) is 26.0 Å². The molecule has 0 aromatic rings. The van der Waals surface area contributed by atoms with Crippen molar-refractivity contribution >= 4 is 17.9 Å². The van der Waals surface area contributed by atoms with Crippen LogP contribution in [0.15, 0.2) is 0 Å². The summed E-state index contributed by atoms with van der Waals surface area (Å²) in [4.78, 5) is 13.4. The normalized spacial score (nSPS) is 23.2. The zero-order valence-corrected chi connectivity index (χ0v) is 8.49. The number of rotatable bonds is 3. The zero-order chi connectivity index (χ0) is 8.97. The number of hydrogen-bond acceptors (Lipinski definition) is 3.